The number of methoxy groups -OCH3 is 1. The summed E-state index contributed by atoms with van der Waals surface area (Å²) < 4.78 is 11.1. The van der Waals surface area contributed by atoms with E-state index in [0.29, 0.717) is 19.4 Å². The van der Waals surface area contributed by atoms with Crippen LogP contribution in [0.15, 0.2) is 35.9 Å². The molecular weight excluding hydrogens is 384 g/mol. The van der Waals surface area contributed by atoms with Gasteiger partial charge in [0.2, 0.25) is 0 Å². The fourth-order valence-corrected chi connectivity index (χ4v) is 7.20. The number of hydrogen-bond donors (Lipinski definition) is 2. The Kier molecular flexibility index (Phi) is 4.12. The fraction of sp³-hybridized carbons (Fsp3) is 0.565. The minimum absolute atomic E-state index is 0.0741. The minimum Gasteiger partial charge on any atom is -0.468 e. The van der Waals surface area contributed by atoms with E-state index in [1.807, 2.05) is 37.3 Å². The number of benzene rings is 1. The Hall–Kier alpha value is -2.38. The second-order valence-corrected chi connectivity index (χ2v) is 8.92. The van der Waals surface area contributed by atoms with Crippen molar-refractivity contribution >= 4 is 17.6 Å². The van der Waals surface area contributed by atoms with Crippen LogP contribution in [0.2, 0.25) is 0 Å². The van der Waals surface area contributed by atoms with Gasteiger partial charge in [-0.2, -0.15) is 0 Å². The predicted molar refractivity (Wildman–Crippen MR) is 110 cm³/mol. The number of fused-ring (bicyclic) bond motifs is 3. The van der Waals surface area contributed by atoms with Crippen molar-refractivity contribution in [3.63, 3.8) is 0 Å². The lowest BCUT2D eigenvalue weighted by atomic mass is 9.45. The molecule has 5 aliphatic rings. The van der Waals surface area contributed by atoms with Gasteiger partial charge < -0.3 is 19.9 Å². The Morgan fingerprint density at radius 2 is 2.13 bits per heavy atom. The lowest BCUT2D eigenvalue weighted by molar-refractivity contribution is -0.189. The molecule has 1 unspecified atom stereocenters. The predicted octanol–water partition coefficient (Wildman–Crippen LogP) is 1.82. The second kappa shape index (κ2) is 6.31. The van der Waals surface area contributed by atoms with Crippen LogP contribution in [-0.4, -0.2) is 60.5 Å². The Morgan fingerprint density at radius 1 is 1.37 bits per heavy atom. The van der Waals surface area contributed by atoms with Gasteiger partial charge in [-0.15, -0.1) is 0 Å². The molecule has 1 aromatic carbocycles. The molecule has 4 fully saturated rings. The summed E-state index contributed by atoms with van der Waals surface area (Å²) in [5, 5.41) is 15.2. The van der Waals surface area contributed by atoms with E-state index in [1.54, 1.807) is 0 Å². The second-order valence-electron chi connectivity index (χ2n) is 8.92. The first-order valence-corrected chi connectivity index (χ1v) is 10.6. The molecule has 1 aromatic rings. The molecule has 0 amide bonds. The van der Waals surface area contributed by atoms with Crippen LogP contribution in [0, 0.1) is 11.3 Å². The van der Waals surface area contributed by atoms with E-state index in [2.05, 4.69) is 10.2 Å². The van der Waals surface area contributed by atoms with Gasteiger partial charge in [-0.25, -0.2) is 0 Å². The average Bonchev–Trinajstić information content (AvgIpc) is 3.17. The highest BCUT2D eigenvalue weighted by Gasteiger charge is 2.83. The smallest absolute Gasteiger partial charge is 0.316 e. The van der Waals surface area contributed by atoms with E-state index in [9.17, 15) is 14.7 Å². The van der Waals surface area contributed by atoms with E-state index in [4.69, 9.17) is 9.47 Å². The molecule has 6 rings (SSSR count). The molecule has 4 aliphatic heterocycles. The van der Waals surface area contributed by atoms with Crippen LogP contribution in [0.1, 0.15) is 32.3 Å². The van der Waals surface area contributed by atoms with Crippen molar-refractivity contribution in [1.29, 1.82) is 0 Å². The van der Waals surface area contributed by atoms with Crippen LogP contribution < -0.4 is 5.32 Å². The SMILES string of the molecule is CC=C1CN2CC[C@]34c5ccccc5N[C@]23[C@@H](O)C[C@@H]1[C@@]4(COC(C)=O)C(=O)OC. The van der Waals surface area contributed by atoms with Crippen LogP contribution in [-0.2, 0) is 24.5 Å². The summed E-state index contributed by atoms with van der Waals surface area (Å²) in [6.07, 6.45) is 2.42. The molecule has 1 saturated carbocycles. The number of esters is 2. The zero-order valence-corrected chi connectivity index (χ0v) is 17.6. The third kappa shape index (κ3) is 1.93. The molecule has 4 bridgehead atoms. The van der Waals surface area contributed by atoms with Crippen molar-refractivity contribution in [2.24, 2.45) is 11.3 Å². The number of aliphatic hydroxyl groups excluding tert-OH is 1. The number of hydrogen-bond acceptors (Lipinski definition) is 7. The molecule has 7 nitrogen and oxygen atoms in total. The van der Waals surface area contributed by atoms with Crippen molar-refractivity contribution in [3.05, 3.63) is 41.5 Å². The summed E-state index contributed by atoms with van der Waals surface area (Å²) in [6, 6.07) is 7.95. The summed E-state index contributed by atoms with van der Waals surface area (Å²) in [5.41, 5.74) is 0.210. The number of carbonyl (C=O) groups is 2. The van der Waals surface area contributed by atoms with Crippen LogP contribution in [0.3, 0.4) is 0 Å². The molecule has 7 heteroatoms. The van der Waals surface area contributed by atoms with Crippen LogP contribution in [0.5, 0.6) is 0 Å². The van der Waals surface area contributed by atoms with Crippen LogP contribution >= 0.6 is 0 Å². The highest BCUT2D eigenvalue weighted by molar-refractivity contribution is 5.86. The normalized spacial score (nSPS) is 41.6. The number of nitrogens with one attached hydrogen (secondary N) is 1. The van der Waals surface area contributed by atoms with Gasteiger partial charge in [-0.3, -0.25) is 14.5 Å². The number of carbonyl (C=O) groups excluding carboxylic acids is 2. The fourth-order valence-electron chi connectivity index (χ4n) is 7.20. The van der Waals surface area contributed by atoms with Gasteiger partial charge in [-0.05, 0) is 31.4 Å². The van der Waals surface area contributed by atoms with E-state index >= 15 is 0 Å². The Bertz CT molecular complexity index is 961. The summed E-state index contributed by atoms with van der Waals surface area (Å²) in [7, 11) is 1.40. The lowest BCUT2D eigenvalue weighted by Gasteiger charge is -2.59. The molecule has 0 radical (unpaired) electrons. The number of aliphatic hydroxyl groups is 1. The first kappa shape index (κ1) is 19.6. The number of anilines is 1. The van der Waals surface area contributed by atoms with Gasteiger partial charge >= 0.3 is 11.9 Å². The van der Waals surface area contributed by atoms with E-state index in [1.165, 1.54) is 14.0 Å². The number of rotatable bonds is 3. The van der Waals surface area contributed by atoms with Crippen molar-refractivity contribution in [3.8, 4) is 0 Å². The minimum atomic E-state index is -1.14. The maximum atomic E-state index is 13.8. The van der Waals surface area contributed by atoms with Crippen LogP contribution in [0.4, 0.5) is 5.69 Å². The van der Waals surface area contributed by atoms with E-state index in [0.717, 1.165) is 23.4 Å². The molecule has 1 spiro atoms. The van der Waals surface area contributed by atoms with E-state index < -0.39 is 28.6 Å². The molecular formula is C23H28N2O5. The maximum absolute atomic E-state index is 13.8. The Balaban J connectivity index is 1.89. The van der Waals surface area contributed by atoms with Gasteiger partial charge in [0, 0.05) is 31.6 Å². The van der Waals surface area contributed by atoms with Gasteiger partial charge in [0.15, 0.2) is 0 Å². The van der Waals surface area contributed by atoms with Crippen molar-refractivity contribution in [2.45, 2.75) is 43.9 Å². The molecule has 3 saturated heterocycles. The lowest BCUT2D eigenvalue weighted by Crippen LogP contribution is -2.75. The third-order valence-corrected chi connectivity index (χ3v) is 8.16. The monoisotopic (exact) mass is 412 g/mol. The summed E-state index contributed by atoms with van der Waals surface area (Å²) in [6.45, 7) is 4.63. The number of ether oxygens (including phenoxy) is 2. The first-order valence-electron chi connectivity index (χ1n) is 10.6. The number of para-hydroxylation sites is 1. The van der Waals surface area contributed by atoms with Gasteiger partial charge in [0.25, 0.3) is 0 Å². The maximum Gasteiger partial charge on any atom is 0.316 e. The van der Waals surface area contributed by atoms with Gasteiger partial charge in [0.05, 0.1) is 18.6 Å². The zero-order chi connectivity index (χ0) is 21.3. The molecule has 4 heterocycles. The van der Waals surface area contributed by atoms with Crippen molar-refractivity contribution < 1.29 is 24.2 Å². The summed E-state index contributed by atoms with van der Waals surface area (Å²) in [4.78, 5) is 28.0. The van der Waals surface area contributed by atoms with Gasteiger partial charge in [-0.1, -0.05) is 29.8 Å². The van der Waals surface area contributed by atoms with Crippen molar-refractivity contribution in [2.75, 3.05) is 32.1 Å². The number of allylic oxidation sites excluding steroid dienone is 1. The van der Waals surface area contributed by atoms with Gasteiger partial charge in [0.1, 0.15) is 17.7 Å². The molecule has 1 aliphatic carbocycles. The highest BCUT2D eigenvalue weighted by atomic mass is 16.5. The van der Waals surface area contributed by atoms with E-state index in [-0.39, 0.29) is 18.5 Å². The third-order valence-electron chi connectivity index (χ3n) is 8.16. The highest BCUT2D eigenvalue weighted by Crippen LogP contribution is 2.72. The van der Waals surface area contributed by atoms with Crippen LogP contribution in [0.25, 0.3) is 0 Å². The quantitative estimate of drug-likeness (QED) is 0.578. The summed E-state index contributed by atoms with van der Waals surface area (Å²) in [5.74, 6) is -1.11. The molecule has 2 N–H and O–H groups in total. The topological polar surface area (TPSA) is 88.1 Å². The molecule has 0 aromatic heterocycles. The molecule has 6 atom stereocenters. The van der Waals surface area contributed by atoms with Crippen molar-refractivity contribution in [1.82, 2.24) is 4.90 Å². The largest absolute Gasteiger partial charge is 0.468 e. The average molecular weight is 412 g/mol. The molecule has 160 valence electrons. The summed E-state index contributed by atoms with van der Waals surface area (Å²) >= 11 is 0. The number of nitrogens with zero attached hydrogens (tertiary/aromatic N) is 1. The zero-order valence-electron chi connectivity index (χ0n) is 17.6. The molecule has 30 heavy (non-hydrogen) atoms. The first-order chi connectivity index (χ1) is 14.4. The Labute approximate surface area is 176 Å². The Morgan fingerprint density at radius 3 is 2.83 bits per heavy atom. The standard InChI is InChI=1S/C23H28N2O5/c1-4-15-12-25-10-9-22-16-7-5-6-8-18(16)24-23(22,25)19(27)11-17(15)21(22,20(28)29-3)13-30-14(2)26/h4-8,17,19,24,27H,9-13H2,1-3H3/t17-,19-,21-,22+,23+/m0/s1.